The Labute approximate surface area is 154 Å². The number of hydrogen-bond acceptors (Lipinski definition) is 3. The Morgan fingerprint density at radius 2 is 1.84 bits per heavy atom. The van der Waals surface area contributed by atoms with Crippen LogP contribution in [0, 0.1) is 5.92 Å². The molecule has 0 heterocycles. The molecule has 1 aromatic carbocycles. The molecule has 1 aromatic rings. The molecule has 0 unspecified atom stereocenters. The summed E-state index contributed by atoms with van der Waals surface area (Å²) in [5, 5.41) is 0.118. The van der Waals surface area contributed by atoms with Gasteiger partial charge in [0.05, 0.1) is 12.7 Å². The highest BCUT2D eigenvalue weighted by molar-refractivity contribution is 6.74. The van der Waals surface area contributed by atoms with Crippen LogP contribution in [0.15, 0.2) is 43.0 Å². The first-order chi connectivity index (χ1) is 11.6. The summed E-state index contributed by atoms with van der Waals surface area (Å²) in [6.07, 6.45) is 2.89. The van der Waals surface area contributed by atoms with Crippen LogP contribution >= 0.6 is 0 Å². The van der Waals surface area contributed by atoms with Crippen molar-refractivity contribution in [2.75, 3.05) is 6.61 Å². The van der Waals surface area contributed by atoms with Crippen LogP contribution < -0.4 is 0 Å². The van der Waals surface area contributed by atoms with Gasteiger partial charge in [0.15, 0.2) is 8.32 Å². The van der Waals surface area contributed by atoms with Crippen LogP contribution in [0.25, 0.3) is 0 Å². The van der Waals surface area contributed by atoms with Crippen LogP contribution in [-0.4, -0.2) is 20.9 Å². The summed E-state index contributed by atoms with van der Waals surface area (Å²) in [4.78, 5) is 11.8. The lowest BCUT2D eigenvalue weighted by Crippen LogP contribution is -2.43. The van der Waals surface area contributed by atoms with Gasteiger partial charge >= 0.3 is 5.97 Å². The Bertz CT molecular complexity index is 546. The van der Waals surface area contributed by atoms with Crippen molar-refractivity contribution in [3.8, 4) is 0 Å². The van der Waals surface area contributed by atoms with Gasteiger partial charge in [0, 0.05) is 12.3 Å². The Morgan fingerprint density at radius 1 is 1.24 bits per heavy atom. The first kappa shape index (κ1) is 21.6. The second-order valence-electron chi connectivity index (χ2n) is 7.95. The largest absolute Gasteiger partial charge is 0.466 e. The van der Waals surface area contributed by atoms with Gasteiger partial charge in [0.25, 0.3) is 0 Å². The number of ether oxygens (including phenoxy) is 1. The van der Waals surface area contributed by atoms with Crippen molar-refractivity contribution in [1.82, 2.24) is 0 Å². The zero-order valence-corrected chi connectivity index (χ0v) is 17.7. The van der Waals surface area contributed by atoms with E-state index in [0.717, 1.165) is 5.56 Å². The van der Waals surface area contributed by atoms with Gasteiger partial charge in [-0.15, -0.1) is 6.58 Å². The predicted molar refractivity (Wildman–Crippen MR) is 107 cm³/mol. The Hall–Kier alpha value is -1.39. The maximum Gasteiger partial charge on any atom is 0.305 e. The van der Waals surface area contributed by atoms with Crippen LogP contribution in [0.5, 0.6) is 0 Å². The molecule has 0 amide bonds. The summed E-state index contributed by atoms with van der Waals surface area (Å²) in [6.45, 7) is 17.5. The van der Waals surface area contributed by atoms with E-state index in [4.69, 9.17) is 9.16 Å². The van der Waals surface area contributed by atoms with E-state index in [0.29, 0.717) is 19.4 Å². The maximum atomic E-state index is 11.8. The monoisotopic (exact) mass is 362 g/mol. The van der Waals surface area contributed by atoms with Gasteiger partial charge in [0.1, 0.15) is 0 Å². The fraction of sp³-hybridized carbons (Fsp3) is 0.571. The van der Waals surface area contributed by atoms with E-state index in [1.807, 2.05) is 31.2 Å². The molecular weight excluding hydrogens is 328 g/mol. The van der Waals surface area contributed by atoms with E-state index in [-0.39, 0.29) is 23.0 Å². The van der Waals surface area contributed by atoms with Gasteiger partial charge in [-0.3, -0.25) is 4.79 Å². The van der Waals surface area contributed by atoms with E-state index in [1.165, 1.54) is 0 Å². The SMILES string of the molecule is C=C[C@H](CCC(=O)OCC)[C@H](O[Si](C)(C)C(C)(C)C)c1ccccc1. The second kappa shape index (κ2) is 9.34. The first-order valence-corrected chi connectivity index (χ1v) is 12.0. The minimum Gasteiger partial charge on any atom is -0.466 e. The van der Waals surface area contributed by atoms with E-state index in [9.17, 15) is 4.79 Å². The molecule has 25 heavy (non-hydrogen) atoms. The van der Waals surface area contributed by atoms with Gasteiger partial charge in [0.2, 0.25) is 0 Å². The highest BCUT2D eigenvalue weighted by Crippen LogP contribution is 2.42. The molecule has 1 rings (SSSR count). The van der Waals surface area contributed by atoms with Gasteiger partial charge in [-0.05, 0) is 37.0 Å². The van der Waals surface area contributed by atoms with Crippen molar-refractivity contribution in [3.05, 3.63) is 48.6 Å². The Morgan fingerprint density at radius 3 is 2.32 bits per heavy atom. The molecule has 2 atom stereocenters. The molecule has 3 nitrogen and oxygen atoms in total. The summed E-state index contributed by atoms with van der Waals surface area (Å²) in [5.74, 6) is -0.0885. The molecule has 4 heteroatoms. The van der Waals surface area contributed by atoms with Gasteiger partial charge in [-0.25, -0.2) is 0 Å². The lowest BCUT2D eigenvalue weighted by atomic mass is 9.92. The Kier molecular flexibility index (Phi) is 8.09. The first-order valence-electron chi connectivity index (χ1n) is 9.13. The summed E-state index contributed by atoms with van der Waals surface area (Å²) in [5.41, 5.74) is 1.14. The van der Waals surface area contributed by atoms with Gasteiger partial charge < -0.3 is 9.16 Å². The van der Waals surface area contributed by atoms with Crippen LogP contribution in [0.1, 0.15) is 52.2 Å². The molecular formula is C21H34O3Si. The van der Waals surface area contributed by atoms with Crippen molar-refractivity contribution in [2.45, 2.75) is 64.8 Å². The zero-order chi connectivity index (χ0) is 19.1. The average molecular weight is 363 g/mol. The van der Waals surface area contributed by atoms with Crippen molar-refractivity contribution in [3.63, 3.8) is 0 Å². The van der Waals surface area contributed by atoms with E-state index >= 15 is 0 Å². The van der Waals surface area contributed by atoms with Gasteiger partial charge in [-0.2, -0.15) is 0 Å². The zero-order valence-electron chi connectivity index (χ0n) is 16.7. The van der Waals surface area contributed by atoms with Crippen LogP contribution in [-0.2, 0) is 14.0 Å². The summed E-state index contributed by atoms with van der Waals surface area (Å²) in [7, 11) is -1.97. The summed E-state index contributed by atoms with van der Waals surface area (Å²) >= 11 is 0. The highest BCUT2D eigenvalue weighted by Gasteiger charge is 2.40. The molecule has 0 saturated carbocycles. The van der Waals surface area contributed by atoms with Gasteiger partial charge in [-0.1, -0.05) is 57.2 Å². The molecule has 0 aliphatic heterocycles. The topological polar surface area (TPSA) is 35.5 Å². The second-order valence-corrected chi connectivity index (χ2v) is 12.7. The number of hydrogen-bond donors (Lipinski definition) is 0. The quantitative estimate of drug-likeness (QED) is 0.312. The number of rotatable bonds is 9. The average Bonchev–Trinajstić information content (AvgIpc) is 2.54. The summed E-state index contributed by atoms with van der Waals surface area (Å²) < 4.78 is 11.8. The molecule has 0 saturated heterocycles. The lowest BCUT2D eigenvalue weighted by Gasteiger charge is -2.41. The third kappa shape index (κ3) is 6.44. The fourth-order valence-electron chi connectivity index (χ4n) is 2.45. The Balaban J connectivity index is 3.04. The molecule has 0 radical (unpaired) electrons. The number of carbonyl (C=O) groups is 1. The predicted octanol–water partition coefficient (Wildman–Crippen LogP) is 5.90. The van der Waals surface area contributed by atoms with Crippen molar-refractivity contribution in [1.29, 1.82) is 0 Å². The highest BCUT2D eigenvalue weighted by atomic mass is 28.4. The van der Waals surface area contributed by atoms with E-state index < -0.39 is 8.32 Å². The molecule has 0 fully saturated rings. The number of esters is 1. The lowest BCUT2D eigenvalue weighted by molar-refractivity contribution is -0.143. The van der Waals surface area contributed by atoms with Crippen LogP contribution in [0.2, 0.25) is 18.1 Å². The van der Waals surface area contributed by atoms with Crippen molar-refractivity contribution >= 4 is 14.3 Å². The fourth-order valence-corrected chi connectivity index (χ4v) is 3.75. The third-order valence-corrected chi connectivity index (χ3v) is 9.49. The normalized spacial score (nSPS) is 14.6. The molecule has 0 bridgehead atoms. The smallest absolute Gasteiger partial charge is 0.305 e. The molecule has 0 N–H and O–H groups in total. The molecule has 0 spiro atoms. The third-order valence-electron chi connectivity index (χ3n) is 5.03. The maximum absolute atomic E-state index is 11.8. The van der Waals surface area contributed by atoms with Crippen molar-refractivity contribution < 1.29 is 14.0 Å². The minimum absolute atomic E-state index is 0.0703. The molecule has 0 aliphatic carbocycles. The minimum atomic E-state index is -1.97. The number of carbonyl (C=O) groups excluding carboxylic acids is 1. The van der Waals surface area contributed by atoms with Crippen LogP contribution in [0.3, 0.4) is 0 Å². The van der Waals surface area contributed by atoms with Crippen molar-refractivity contribution in [2.24, 2.45) is 5.92 Å². The summed E-state index contributed by atoms with van der Waals surface area (Å²) in [6, 6.07) is 10.3. The standard InChI is InChI=1S/C21H34O3Si/c1-8-17(15-16-19(22)23-9-2)20(18-13-11-10-12-14-18)24-25(6,7)21(3,4)5/h8,10-14,17,20H,1,9,15-16H2,2-7H3/t17-,20+/m1/s1. The molecule has 140 valence electrons. The van der Waals surface area contributed by atoms with E-state index in [2.05, 4.69) is 52.6 Å². The van der Waals surface area contributed by atoms with Crippen LogP contribution in [0.4, 0.5) is 0 Å². The molecule has 0 aromatic heterocycles. The number of benzene rings is 1. The van der Waals surface area contributed by atoms with E-state index in [1.54, 1.807) is 0 Å². The molecule has 0 aliphatic rings.